The molecule has 0 aliphatic carbocycles. The van der Waals surface area contributed by atoms with Crippen molar-refractivity contribution in [3.63, 3.8) is 0 Å². The average Bonchev–Trinajstić information content (AvgIpc) is 2.79. The maximum atomic E-state index is 11.5. The van der Waals surface area contributed by atoms with Crippen LogP contribution in [0.4, 0.5) is 0 Å². The molecular weight excluding hydrogens is 260 g/mol. The molecule has 0 amide bonds. The van der Waals surface area contributed by atoms with Crippen LogP contribution >= 0.6 is 0 Å². The third-order valence-corrected chi connectivity index (χ3v) is 3.14. The first kappa shape index (κ1) is 15.0. The Morgan fingerprint density at radius 3 is 2.60 bits per heavy atom. The first-order valence-electron chi connectivity index (χ1n) is 6.69. The standard InChI is InChI=1S/C15H20O5/c1-4-18-14(17)13(16)11-7-5-10(6-8-11)12-9-19-15(2,3)20-12/h5-8,12-13,16H,4,9H2,1-3H3. The van der Waals surface area contributed by atoms with E-state index >= 15 is 0 Å². The lowest BCUT2D eigenvalue weighted by atomic mass is 10.0. The second kappa shape index (κ2) is 5.91. The third kappa shape index (κ3) is 3.36. The number of aliphatic hydroxyl groups excluding tert-OH is 1. The van der Waals surface area contributed by atoms with Crippen LogP contribution in [0.15, 0.2) is 24.3 Å². The quantitative estimate of drug-likeness (QED) is 0.856. The molecule has 20 heavy (non-hydrogen) atoms. The molecule has 0 spiro atoms. The molecule has 1 aromatic rings. The van der Waals surface area contributed by atoms with Crippen molar-refractivity contribution in [1.29, 1.82) is 0 Å². The summed E-state index contributed by atoms with van der Waals surface area (Å²) in [6, 6.07) is 7.05. The summed E-state index contributed by atoms with van der Waals surface area (Å²) in [5.41, 5.74) is 1.46. The van der Waals surface area contributed by atoms with Crippen molar-refractivity contribution in [2.75, 3.05) is 13.2 Å². The molecule has 1 aliphatic heterocycles. The van der Waals surface area contributed by atoms with Gasteiger partial charge in [0.05, 0.1) is 13.2 Å². The molecule has 0 aromatic heterocycles. The van der Waals surface area contributed by atoms with Gasteiger partial charge in [-0.25, -0.2) is 4.79 Å². The van der Waals surface area contributed by atoms with E-state index < -0.39 is 17.9 Å². The number of hydrogen-bond donors (Lipinski definition) is 1. The van der Waals surface area contributed by atoms with Gasteiger partial charge in [0.25, 0.3) is 0 Å². The molecule has 5 heteroatoms. The molecule has 5 nitrogen and oxygen atoms in total. The first-order valence-corrected chi connectivity index (χ1v) is 6.69. The summed E-state index contributed by atoms with van der Waals surface area (Å²) in [6.07, 6.45) is -1.38. The van der Waals surface area contributed by atoms with Gasteiger partial charge in [-0.3, -0.25) is 0 Å². The first-order chi connectivity index (χ1) is 9.43. The zero-order valence-corrected chi connectivity index (χ0v) is 12.0. The zero-order valence-electron chi connectivity index (χ0n) is 12.0. The Hall–Kier alpha value is -1.43. The van der Waals surface area contributed by atoms with Gasteiger partial charge in [-0.2, -0.15) is 0 Å². The molecule has 1 aromatic carbocycles. The van der Waals surface area contributed by atoms with Crippen LogP contribution in [0.1, 0.15) is 44.1 Å². The van der Waals surface area contributed by atoms with Crippen molar-refractivity contribution < 1.29 is 24.1 Å². The maximum absolute atomic E-state index is 11.5. The van der Waals surface area contributed by atoms with E-state index in [4.69, 9.17) is 14.2 Å². The molecule has 2 rings (SSSR count). The molecule has 110 valence electrons. The molecule has 2 atom stereocenters. The maximum Gasteiger partial charge on any atom is 0.339 e. The largest absolute Gasteiger partial charge is 0.464 e. The minimum absolute atomic E-state index is 0.126. The monoisotopic (exact) mass is 280 g/mol. The van der Waals surface area contributed by atoms with E-state index in [0.29, 0.717) is 12.2 Å². The van der Waals surface area contributed by atoms with Crippen molar-refractivity contribution in [2.24, 2.45) is 0 Å². The molecule has 0 bridgehead atoms. The van der Waals surface area contributed by atoms with Gasteiger partial charge in [-0.1, -0.05) is 24.3 Å². The van der Waals surface area contributed by atoms with E-state index in [2.05, 4.69) is 0 Å². The smallest absolute Gasteiger partial charge is 0.339 e. The lowest BCUT2D eigenvalue weighted by molar-refractivity contribution is -0.153. The Labute approximate surface area is 118 Å². The lowest BCUT2D eigenvalue weighted by Gasteiger charge is -2.17. The van der Waals surface area contributed by atoms with Gasteiger partial charge >= 0.3 is 5.97 Å². The van der Waals surface area contributed by atoms with Crippen LogP contribution in [0.3, 0.4) is 0 Å². The van der Waals surface area contributed by atoms with Crippen LogP contribution in [0, 0.1) is 0 Å². The van der Waals surface area contributed by atoms with E-state index in [1.165, 1.54) is 0 Å². The van der Waals surface area contributed by atoms with Crippen LogP contribution in [0.2, 0.25) is 0 Å². The van der Waals surface area contributed by atoms with Gasteiger partial charge in [0.2, 0.25) is 0 Å². The second-order valence-corrected chi connectivity index (χ2v) is 5.14. The fourth-order valence-corrected chi connectivity index (χ4v) is 2.10. The highest BCUT2D eigenvalue weighted by Gasteiger charge is 2.33. The van der Waals surface area contributed by atoms with Crippen molar-refractivity contribution in [3.8, 4) is 0 Å². The molecule has 1 aliphatic rings. The number of hydrogen-bond acceptors (Lipinski definition) is 5. The van der Waals surface area contributed by atoms with Gasteiger partial charge in [-0.15, -0.1) is 0 Å². The predicted molar refractivity (Wildman–Crippen MR) is 71.9 cm³/mol. The Morgan fingerprint density at radius 1 is 1.45 bits per heavy atom. The lowest BCUT2D eigenvalue weighted by Crippen LogP contribution is -2.19. The molecule has 1 N–H and O–H groups in total. The molecule has 1 saturated heterocycles. The number of rotatable bonds is 4. The molecule has 1 fully saturated rings. The van der Waals surface area contributed by atoms with Crippen LogP contribution in [0.5, 0.6) is 0 Å². The topological polar surface area (TPSA) is 65.0 Å². The highest BCUT2D eigenvalue weighted by Crippen LogP contribution is 2.33. The number of carbonyl (C=O) groups is 1. The Balaban J connectivity index is 2.05. The summed E-state index contributed by atoms with van der Waals surface area (Å²) >= 11 is 0. The van der Waals surface area contributed by atoms with E-state index in [0.717, 1.165) is 5.56 Å². The summed E-state index contributed by atoms with van der Waals surface area (Å²) in [5.74, 6) is -1.21. The SMILES string of the molecule is CCOC(=O)C(O)c1ccc(C2COC(C)(C)O2)cc1. The van der Waals surface area contributed by atoms with E-state index in [-0.39, 0.29) is 12.7 Å². The minimum atomic E-state index is -1.25. The number of benzene rings is 1. The van der Waals surface area contributed by atoms with E-state index in [1.807, 2.05) is 26.0 Å². The minimum Gasteiger partial charge on any atom is -0.464 e. The van der Waals surface area contributed by atoms with Crippen LogP contribution in [0.25, 0.3) is 0 Å². The summed E-state index contributed by atoms with van der Waals surface area (Å²) in [5, 5.41) is 9.83. The van der Waals surface area contributed by atoms with Gasteiger partial charge < -0.3 is 19.3 Å². The predicted octanol–water partition coefficient (Wildman–Crippen LogP) is 2.11. The Morgan fingerprint density at radius 2 is 2.10 bits per heavy atom. The van der Waals surface area contributed by atoms with Crippen LogP contribution in [-0.4, -0.2) is 30.1 Å². The summed E-state index contributed by atoms with van der Waals surface area (Å²) in [7, 11) is 0. The zero-order chi connectivity index (χ0) is 14.8. The van der Waals surface area contributed by atoms with E-state index in [1.54, 1.807) is 19.1 Å². The molecule has 0 saturated carbocycles. The number of carbonyl (C=O) groups excluding carboxylic acids is 1. The molecule has 1 heterocycles. The fraction of sp³-hybridized carbons (Fsp3) is 0.533. The van der Waals surface area contributed by atoms with Gasteiger partial charge in [-0.05, 0) is 31.9 Å². The van der Waals surface area contributed by atoms with Crippen molar-refractivity contribution in [2.45, 2.75) is 38.8 Å². The van der Waals surface area contributed by atoms with Crippen molar-refractivity contribution in [3.05, 3.63) is 35.4 Å². The molecule has 2 unspecified atom stereocenters. The van der Waals surface area contributed by atoms with Gasteiger partial charge in [0, 0.05) is 0 Å². The van der Waals surface area contributed by atoms with Gasteiger partial charge in [0.1, 0.15) is 6.10 Å². The fourth-order valence-electron chi connectivity index (χ4n) is 2.10. The summed E-state index contributed by atoms with van der Waals surface area (Å²) in [6.45, 7) is 6.17. The van der Waals surface area contributed by atoms with E-state index in [9.17, 15) is 9.90 Å². The summed E-state index contributed by atoms with van der Waals surface area (Å²) in [4.78, 5) is 11.5. The summed E-state index contributed by atoms with van der Waals surface area (Å²) < 4.78 is 16.0. The number of ether oxygens (including phenoxy) is 3. The Bertz CT molecular complexity index is 466. The molecule has 0 radical (unpaired) electrons. The second-order valence-electron chi connectivity index (χ2n) is 5.14. The average molecular weight is 280 g/mol. The highest BCUT2D eigenvalue weighted by molar-refractivity contribution is 5.76. The van der Waals surface area contributed by atoms with Crippen LogP contribution < -0.4 is 0 Å². The molecular formula is C15H20O5. The Kier molecular flexibility index (Phi) is 4.42. The van der Waals surface area contributed by atoms with Crippen molar-refractivity contribution in [1.82, 2.24) is 0 Å². The highest BCUT2D eigenvalue weighted by atomic mass is 16.7. The number of esters is 1. The van der Waals surface area contributed by atoms with Crippen LogP contribution in [-0.2, 0) is 19.0 Å². The normalized spacial score (nSPS) is 22.5. The third-order valence-electron chi connectivity index (χ3n) is 3.14. The van der Waals surface area contributed by atoms with Crippen molar-refractivity contribution >= 4 is 5.97 Å². The van der Waals surface area contributed by atoms with Gasteiger partial charge in [0.15, 0.2) is 11.9 Å². The number of aliphatic hydroxyl groups is 1.